The predicted octanol–water partition coefficient (Wildman–Crippen LogP) is 3.85. The first-order chi connectivity index (χ1) is 9.56. The molecule has 1 N–H and O–H groups in total. The van der Waals surface area contributed by atoms with E-state index in [1.54, 1.807) is 0 Å². The Morgan fingerprint density at radius 1 is 1.20 bits per heavy atom. The summed E-state index contributed by atoms with van der Waals surface area (Å²) < 4.78 is 0. The van der Waals surface area contributed by atoms with Crippen molar-refractivity contribution in [3.05, 3.63) is 29.8 Å². The lowest BCUT2D eigenvalue weighted by Gasteiger charge is -2.32. The van der Waals surface area contributed by atoms with Crippen LogP contribution < -0.4 is 4.90 Å². The number of carbonyl (C=O) groups is 1. The zero-order chi connectivity index (χ0) is 14.5. The molecule has 0 heterocycles. The number of hydrogen-bond donors (Lipinski definition) is 1. The summed E-state index contributed by atoms with van der Waals surface area (Å²) in [7, 11) is 0. The van der Waals surface area contributed by atoms with Crippen LogP contribution >= 0.6 is 0 Å². The van der Waals surface area contributed by atoms with E-state index >= 15 is 0 Å². The van der Waals surface area contributed by atoms with Gasteiger partial charge in [0.05, 0.1) is 0 Å². The number of nitrogens with zero attached hydrogens (tertiary/aromatic N) is 1. The van der Waals surface area contributed by atoms with E-state index < -0.39 is 5.97 Å². The number of aliphatic carboxylic acids is 1. The van der Waals surface area contributed by atoms with Gasteiger partial charge in [-0.15, -0.1) is 0 Å². The van der Waals surface area contributed by atoms with E-state index in [2.05, 4.69) is 30.9 Å². The number of rotatable bonds is 4. The molecule has 3 nitrogen and oxygen atoms in total. The number of carboxylic acid groups (broad SMARTS) is 1. The van der Waals surface area contributed by atoms with Gasteiger partial charge >= 0.3 is 5.97 Å². The molecule has 1 aromatic rings. The second-order valence-electron chi connectivity index (χ2n) is 6.12. The van der Waals surface area contributed by atoms with Gasteiger partial charge in [-0.1, -0.05) is 37.5 Å². The SMILES string of the molecule is Cc1ccc(N(CC(=O)O)C2CCCC(C)CC2)cc1. The molecule has 110 valence electrons. The Morgan fingerprint density at radius 3 is 2.55 bits per heavy atom. The van der Waals surface area contributed by atoms with Crippen molar-refractivity contribution < 1.29 is 9.90 Å². The van der Waals surface area contributed by atoms with Crippen LogP contribution in [0.3, 0.4) is 0 Å². The Balaban J connectivity index is 2.17. The Kier molecular flexibility index (Phi) is 5.05. The Hall–Kier alpha value is -1.51. The summed E-state index contributed by atoms with van der Waals surface area (Å²) >= 11 is 0. The first kappa shape index (κ1) is 14.9. The molecular weight excluding hydrogens is 250 g/mol. The summed E-state index contributed by atoms with van der Waals surface area (Å²) in [5.41, 5.74) is 2.25. The molecule has 3 heteroatoms. The average molecular weight is 275 g/mol. The Bertz CT molecular complexity index is 441. The zero-order valence-electron chi connectivity index (χ0n) is 12.5. The molecule has 0 amide bonds. The molecule has 1 fully saturated rings. The largest absolute Gasteiger partial charge is 0.480 e. The van der Waals surface area contributed by atoms with Gasteiger partial charge < -0.3 is 10.0 Å². The van der Waals surface area contributed by atoms with E-state index in [0.717, 1.165) is 24.4 Å². The van der Waals surface area contributed by atoms with E-state index in [4.69, 9.17) is 0 Å². The molecule has 0 aromatic heterocycles. The van der Waals surface area contributed by atoms with Crippen LogP contribution in [0.5, 0.6) is 0 Å². The van der Waals surface area contributed by atoms with Gasteiger partial charge in [0.1, 0.15) is 6.54 Å². The maximum atomic E-state index is 11.2. The molecule has 2 unspecified atom stereocenters. The van der Waals surface area contributed by atoms with Crippen LogP contribution in [0, 0.1) is 12.8 Å². The van der Waals surface area contributed by atoms with E-state index in [-0.39, 0.29) is 6.54 Å². The highest BCUT2D eigenvalue weighted by Gasteiger charge is 2.24. The lowest BCUT2D eigenvalue weighted by molar-refractivity contribution is -0.135. The molecule has 2 rings (SSSR count). The quantitative estimate of drug-likeness (QED) is 0.848. The van der Waals surface area contributed by atoms with Crippen LogP contribution in [-0.4, -0.2) is 23.7 Å². The van der Waals surface area contributed by atoms with Crippen molar-refractivity contribution in [2.75, 3.05) is 11.4 Å². The smallest absolute Gasteiger partial charge is 0.323 e. The van der Waals surface area contributed by atoms with E-state index in [1.807, 2.05) is 12.1 Å². The molecule has 0 radical (unpaired) electrons. The summed E-state index contributed by atoms with van der Waals surface area (Å²) in [6, 6.07) is 8.57. The summed E-state index contributed by atoms with van der Waals surface area (Å²) in [6.45, 7) is 4.45. The predicted molar refractivity (Wildman–Crippen MR) is 82.2 cm³/mol. The standard InChI is InChI=1S/C17H25NO2/c1-13-4-3-5-15(9-6-13)18(12-17(19)20)16-10-7-14(2)8-11-16/h7-8,10-11,13,15H,3-6,9,12H2,1-2H3,(H,19,20). The molecule has 1 aliphatic rings. The molecule has 0 saturated heterocycles. The van der Waals surface area contributed by atoms with Crippen LogP contribution in [0.2, 0.25) is 0 Å². The van der Waals surface area contributed by atoms with Gasteiger partial charge in [0.15, 0.2) is 0 Å². The number of benzene rings is 1. The maximum Gasteiger partial charge on any atom is 0.323 e. The molecule has 0 aliphatic heterocycles. The van der Waals surface area contributed by atoms with Crippen LogP contribution in [0.1, 0.15) is 44.6 Å². The fourth-order valence-corrected chi connectivity index (χ4v) is 3.09. The molecule has 1 aromatic carbocycles. The molecule has 1 saturated carbocycles. The highest BCUT2D eigenvalue weighted by atomic mass is 16.4. The normalized spacial score (nSPS) is 23.1. The topological polar surface area (TPSA) is 40.5 Å². The van der Waals surface area contributed by atoms with Crippen molar-refractivity contribution in [1.29, 1.82) is 0 Å². The fraction of sp³-hybridized carbons (Fsp3) is 0.588. The second-order valence-corrected chi connectivity index (χ2v) is 6.12. The molecule has 2 atom stereocenters. The maximum absolute atomic E-state index is 11.2. The average Bonchev–Trinajstić information content (AvgIpc) is 2.62. The van der Waals surface area contributed by atoms with E-state index in [9.17, 15) is 9.90 Å². The van der Waals surface area contributed by atoms with Crippen LogP contribution in [-0.2, 0) is 4.79 Å². The van der Waals surface area contributed by atoms with Crippen molar-refractivity contribution in [3.8, 4) is 0 Å². The monoisotopic (exact) mass is 275 g/mol. The Labute approximate surface area is 121 Å². The van der Waals surface area contributed by atoms with Crippen molar-refractivity contribution in [1.82, 2.24) is 0 Å². The molecular formula is C17H25NO2. The van der Waals surface area contributed by atoms with Gasteiger partial charge in [0.25, 0.3) is 0 Å². The van der Waals surface area contributed by atoms with Crippen molar-refractivity contribution >= 4 is 11.7 Å². The minimum Gasteiger partial charge on any atom is -0.480 e. The zero-order valence-corrected chi connectivity index (χ0v) is 12.5. The van der Waals surface area contributed by atoms with Gasteiger partial charge in [-0.2, -0.15) is 0 Å². The lowest BCUT2D eigenvalue weighted by atomic mass is 10.0. The molecule has 0 bridgehead atoms. The van der Waals surface area contributed by atoms with Gasteiger partial charge in [-0.3, -0.25) is 4.79 Å². The lowest BCUT2D eigenvalue weighted by Crippen LogP contribution is -2.39. The van der Waals surface area contributed by atoms with Gasteiger partial charge in [0.2, 0.25) is 0 Å². The summed E-state index contributed by atoms with van der Waals surface area (Å²) in [6.07, 6.45) is 5.87. The first-order valence-corrected chi connectivity index (χ1v) is 7.61. The number of aryl methyl sites for hydroxylation is 1. The van der Waals surface area contributed by atoms with Crippen LogP contribution in [0.15, 0.2) is 24.3 Å². The van der Waals surface area contributed by atoms with Crippen molar-refractivity contribution in [2.45, 2.75) is 52.0 Å². The van der Waals surface area contributed by atoms with Crippen LogP contribution in [0.4, 0.5) is 5.69 Å². The van der Waals surface area contributed by atoms with E-state index in [1.165, 1.54) is 24.8 Å². The number of hydrogen-bond acceptors (Lipinski definition) is 2. The third-order valence-corrected chi connectivity index (χ3v) is 4.34. The van der Waals surface area contributed by atoms with E-state index in [0.29, 0.717) is 6.04 Å². The second kappa shape index (κ2) is 6.78. The minimum atomic E-state index is -0.747. The fourth-order valence-electron chi connectivity index (χ4n) is 3.09. The number of carboxylic acids is 1. The Morgan fingerprint density at radius 2 is 1.90 bits per heavy atom. The molecule has 1 aliphatic carbocycles. The minimum absolute atomic E-state index is 0.0993. The highest BCUT2D eigenvalue weighted by Crippen LogP contribution is 2.29. The number of anilines is 1. The van der Waals surface area contributed by atoms with Gasteiger partial charge in [-0.05, 0) is 44.2 Å². The highest BCUT2D eigenvalue weighted by molar-refractivity contribution is 5.74. The third kappa shape index (κ3) is 3.99. The molecule has 20 heavy (non-hydrogen) atoms. The van der Waals surface area contributed by atoms with Crippen molar-refractivity contribution in [3.63, 3.8) is 0 Å². The third-order valence-electron chi connectivity index (χ3n) is 4.34. The van der Waals surface area contributed by atoms with Gasteiger partial charge in [0, 0.05) is 11.7 Å². The van der Waals surface area contributed by atoms with Crippen LogP contribution in [0.25, 0.3) is 0 Å². The summed E-state index contributed by atoms with van der Waals surface area (Å²) in [4.78, 5) is 13.3. The first-order valence-electron chi connectivity index (χ1n) is 7.61. The van der Waals surface area contributed by atoms with Crippen molar-refractivity contribution in [2.24, 2.45) is 5.92 Å². The molecule has 0 spiro atoms. The van der Waals surface area contributed by atoms with Gasteiger partial charge in [-0.25, -0.2) is 0 Å². The summed E-state index contributed by atoms with van der Waals surface area (Å²) in [5, 5.41) is 9.21. The summed E-state index contributed by atoms with van der Waals surface area (Å²) in [5.74, 6) is 0.0209.